The topological polar surface area (TPSA) is 0 Å². The summed E-state index contributed by atoms with van der Waals surface area (Å²) >= 11 is 0. The summed E-state index contributed by atoms with van der Waals surface area (Å²) < 4.78 is 84.3. The van der Waals surface area contributed by atoms with Crippen molar-refractivity contribution in [1.82, 2.24) is 0 Å². The average Bonchev–Trinajstić information content (AvgIpc) is 2.84. The summed E-state index contributed by atoms with van der Waals surface area (Å²) in [6.07, 6.45) is -13.1. The average molecular weight is 442 g/mol. The first-order chi connectivity index (χ1) is 14.0. The highest BCUT2D eigenvalue weighted by Crippen LogP contribution is 2.57. The van der Waals surface area contributed by atoms with Crippen LogP contribution in [0.3, 0.4) is 0 Å². The van der Waals surface area contributed by atoms with E-state index in [0.717, 1.165) is 22.3 Å². The van der Waals surface area contributed by atoms with Gasteiger partial charge in [0.2, 0.25) is 0 Å². The van der Waals surface area contributed by atoms with Crippen molar-refractivity contribution in [1.29, 1.82) is 0 Å². The Morgan fingerprint density at radius 1 is 0.710 bits per heavy atom. The lowest BCUT2D eigenvalue weighted by atomic mass is 9.72. The molecule has 2 aromatic rings. The van der Waals surface area contributed by atoms with E-state index in [2.05, 4.69) is 0 Å². The molecule has 0 aliphatic heterocycles. The van der Waals surface area contributed by atoms with Crippen LogP contribution >= 0.6 is 0 Å². The first-order valence-electron chi connectivity index (χ1n) is 10.4. The predicted molar refractivity (Wildman–Crippen MR) is 111 cm³/mol. The van der Waals surface area contributed by atoms with Crippen LogP contribution in [0.2, 0.25) is 0 Å². The zero-order chi connectivity index (χ0) is 23.5. The molecule has 170 valence electrons. The second kappa shape index (κ2) is 7.28. The summed E-state index contributed by atoms with van der Waals surface area (Å²) in [6.45, 7) is 8.85. The maximum Gasteiger partial charge on any atom is 0.403 e. The van der Waals surface area contributed by atoms with E-state index in [1.807, 2.05) is 38.1 Å². The molecule has 0 bridgehead atoms. The summed E-state index contributed by atoms with van der Waals surface area (Å²) in [5.41, 5.74) is -1.24. The monoisotopic (exact) mass is 442 g/mol. The van der Waals surface area contributed by atoms with Gasteiger partial charge >= 0.3 is 12.4 Å². The van der Waals surface area contributed by atoms with Crippen molar-refractivity contribution in [3.05, 3.63) is 59.2 Å². The zero-order valence-electron chi connectivity index (χ0n) is 18.4. The van der Waals surface area contributed by atoms with Crippen molar-refractivity contribution in [2.45, 2.75) is 71.6 Å². The zero-order valence-corrected chi connectivity index (χ0v) is 18.4. The quantitative estimate of drug-likeness (QED) is 0.417. The molecule has 31 heavy (non-hydrogen) atoms. The minimum Gasteiger partial charge on any atom is -0.170 e. The Balaban J connectivity index is 2.09. The fourth-order valence-corrected chi connectivity index (χ4v) is 4.53. The standard InChI is InChI=1S/C25H28F6/c1-21(2,3)12-13-23(24(26,27)28,25(29,30)31)15-16-10-11-18-17-8-6-7-9-19(17)22(4,5)20(18)14-16/h6-11,14H,12-13,15H2,1-5H3. The van der Waals surface area contributed by atoms with Gasteiger partial charge in [0, 0.05) is 5.41 Å². The van der Waals surface area contributed by atoms with Crippen molar-refractivity contribution in [2.24, 2.45) is 10.8 Å². The summed E-state index contributed by atoms with van der Waals surface area (Å²) in [5.74, 6) is 0. The summed E-state index contributed by atoms with van der Waals surface area (Å²) in [4.78, 5) is 0. The third-order valence-corrected chi connectivity index (χ3v) is 6.54. The third-order valence-electron chi connectivity index (χ3n) is 6.54. The van der Waals surface area contributed by atoms with Gasteiger partial charge in [0.05, 0.1) is 0 Å². The lowest BCUT2D eigenvalue weighted by Crippen LogP contribution is -2.52. The molecule has 0 radical (unpaired) electrons. The van der Waals surface area contributed by atoms with Gasteiger partial charge in [-0.25, -0.2) is 0 Å². The van der Waals surface area contributed by atoms with Gasteiger partial charge in [-0.2, -0.15) is 26.3 Å². The SMILES string of the molecule is CC(C)(C)CCC(Cc1ccc2c(c1)C(C)(C)c1ccccc1-2)(C(F)(F)F)C(F)(F)F. The second-order valence-electron chi connectivity index (χ2n) is 10.4. The first-order valence-corrected chi connectivity index (χ1v) is 10.4. The highest BCUT2D eigenvalue weighted by atomic mass is 19.4. The smallest absolute Gasteiger partial charge is 0.170 e. The van der Waals surface area contributed by atoms with Crippen molar-refractivity contribution >= 4 is 0 Å². The molecule has 0 saturated heterocycles. The molecule has 0 N–H and O–H groups in total. The number of rotatable bonds is 4. The molecule has 6 heteroatoms. The van der Waals surface area contributed by atoms with Crippen LogP contribution in [0.15, 0.2) is 42.5 Å². The molecule has 0 fully saturated rings. The van der Waals surface area contributed by atoms with Gasteiger partial charge in [-0.05, 0) is 52.5 Å². The lowest BCUT2D eigenvalue weighted by Gasteiger charge is -2.39. The Morgan fingerprint density at radius 3 is 1.81 bits per heavy atom. The van der Waals surface area contributed by atoms with E-state index in [-0.39, 0.29) is 12.0 Å². The molecule has 0 nitrogen and oxygen atoms in total. The molecule has 0 atom stereocenters. The van der Waals surface area contributed by atoms with E-state index in [4.69, 9.17) is 0 Å². The molecule has 0 heterocycles. The minimum absolute atomic E-state index is 0.0585. The largest absolute Gasteiger partial charge is 0.403 e. The van der Waals surface area contributed by atoms with Crippen LogP contribution in [-0.4, -0.2) is 12.4 Å². The van der Waals surface area contributed by atoms with Gasteiger partial charge in [-0.1, -0.05) is 77.1 Å². The summed E-state index contributed by atoms with van der Waals surface area (Å²) in [5, 5.41) is 0. The van der Waals surface area contributed by atoms with Crippen LogP contribution < -0.4 is 0 Å². The molecule has 0 saturated carbocycles. The van der Waals surface area contributed by atoms with Crippen LogP contribution in [0, 0.1) is 10.8 Å². The van der Waals surface area contributed by atoms with E-state index in [0.29, 0.717) is 0 Å². The second-order valence-corrected chi connectivity index (χ2v) is 10.4. The van der Waals surface area contributed by atoms with Crippen LogP contribution in [-0.2, 0) is 11.8 Å². The highest BCUT2D eigenvalue weighted by Gasteiger charge is 2.69. The third kappa shape index (κ3) is 4.10. The number of hydrogen-bond acceptors (Lipinski definition) is 0. The van der Waals surface area contributed by atoms with E-state index >= 15 is 0 Å². The van der Waals surface area contributed by atoms with Gasteiger partial charge in [0.25, 0.3) is 0 Å². The van der Waals surface area contributed by atoms with Crippen molar-refractivity contribution in [2.75, 3.05) is 0 Å². The summed E-state index contributed by atoms with van der Waals surface area (Å²) in [7, 11) is 0. The molecule has 0 unspecified atom stereocenters. The Morgan fingerprint density at radius 2 is 1.26 bits per heavy atom. The van der Waals surface area contributed by atoms with Crippen molar-refractivity contribution in [3.8, 4) is 11.1 Å². The van der Waals surface area contributed by atoms with E-state index < -0.39 is 41.4 Å². The molecule has 0 aromatic heterocycles. The molecule has 1 aliphatic rings. The molecule has 1 aliphatic carbocycles. The van der Waals surface area contributed by atoms with Gasteiger partial charge < -0.3 is 0 Å². The Bertz CT molecular complexity index is 943. The molecule has 0 spiro atoms. The van der Waals surface area contributed by atoms with Gasteiger partial charge in [0.1, 0.15) is 0 Å². The number of hydrogen-bond donors (Lipinski definition) is 0. The Hall–Kier alpha value is -1.98. The maximum absolute atomic E-state index is 14.1. The molecule has 2 aromatic carbocycles. The Labute approximate surface area is 179 Å². The predicted octanol–water partition coefficient (Wildman–Crippen LogP) is 8.47. The van der Waals surface area contributed by atoms with E-state index in [1.165, 1.54) is 6.07 Å². The van der Waals surface area contributed by atoms with Crippen LogP contribution in [0.1, 0.15) is 64.2 Å². The summed E-state index contributed by atoms with van der Waals surface area (Å²) in [6, 6.07) is 12.3. The lowest BCUT2D eigenvalue weighted by molar-refractivity contribution is -0.344. The van der Waals surface area contributed by atoms with Crippen LogP contribution in [0.4, 0.5) is 26.3 Å². The molecular formula is C25H28F6. The van der Waals surface area contributed by atoms with Gasteiger partial charge in [-0.15, -0.1) is 0 Å². The number of fused-ring (bicyclic) bond motifs is 3. The van der Waals surface area contributed by atoms with Gasteiger partial charge in [0.15, 0.2) is 5.41 Å². The van der Waals surface area contributed by atoms with E-state index in [1.54, 1.807) is 32.9 Å². The number of alkyl halides is 6. The molecular weight excluding hydrogens is 414 g/mol. The number of benzene rings is 2. The molecule has 0 amide bonds. The van der Waals surface area contributed by atoms with Crippen molar-refractivity contribution < 1.29 is 26.3 Å². The van der Waals surface area contributed by atoms with Gasteiger partial charge in [-0.3, -0.25) is 0 Å². The van der Waals surface area contributed by atoms with Crippen molar-refractivity contribution in [3.63, 3.8) is 0 Å². The fraction of sp³-hybridized carbons (Fsp3) is 0.520. The normalized spacial score (nSPS) is 16.2. The minimum atomic E-state index is -5.41. The molecule has 3 rings (SSSR count). The maximum atomic E-state index is 14.1. The fourth-order valence-electron chi connectivity index (χ4n) is 4.53. The van der Waals surface area contributed by atoms with Crippen LogP contribution in [0.5, 0.6) is 0 Å². The van der Waals surface area contributed by atoms with Crippen LogP contribution in [0.25, 0.3) is 11.1 Å². The number of halogens is 6. The van der Waals surface area contributed by atoms with E-state index in [9.17, 15) is 26.3 Å². The first kappa shape index (κ1) is 23.7. The Kier molecular flexibility index (Phi) is 5.56. The highest BCUT2D eigenvalue weighted by molar-refractivity contribution is 5.80.